The number of nitrogens with two attached hydrogens (primary N) is 1. The van der Waals surface area contributed by atoms with Gasteiger partial charge in [0.2, 0.25) is 3.79 Å². The third-order valence-corrected chi connectivity index (χ3v) is 5.04. The van der Waals surface area contributed by atoms with E-state index in [0.29, 0.717) is 14.6 Å². The summed E-state index contributed by atoms with van der Waals surface area (Å²) in [6.45, 7) is -1.20. The Bertz CT molecular complexity index is 883. The maximum atomic E-state index is 15.1. The van der Waals surface area contributed by atoms with Crippen molar-refractivity contribution in [3.05, 3.63) is 16.1 Å². The van der Waals surface area contributed by atoms with E-state index in [1.165, 1.54) is 10.9 Å². The van der Waals surface area contributed by atoms with Gasteiger partial charge in [-0.15, -0.1) is 0 Å². The summed E-state index contributed by atoms with van der Waals surface area (Å²) in [6, 6.07) is 0. The number of nitrogens with zero attached hydrogens (tertiary/aromatic N) is 3. The molecular weight excluding hydrogens is 556 g/mol. The molecule has 1 aliphatic heterocycles. The van der Waals surface area contributed by atoms with Crippen LogP contribution in [0.25, 0.3) is 11.0 Å². The molecule has 2 aromatic rings. The van der Waals surface area contributed by atoms with Gasteiger partial charge in [0.05, 0.1) is 12.0 Å². The number of aromatic nitrogens is 3. The van der Waals surface area contributed by atoms with Crippen LogP contribution in [0.5, 0.6) is 0 Å². The molecule has 0 saturated carbocycles. The molecule has 0 spiro atoms. The van der Waals surface area contributed by atoms with Crippen molar-refractivity contribution in [3.8, 4) is 0 Å². The van der Waals surface area contributed by atoms with Gasteiger partial charge in [0, 0.05) is 9.77 Å². The van der Waals surface area contributed by atoms with Crippen molar-refractivity contribution in [2.75, 3.05) is 18.9 Å². The van der Waals surface area contributed by atoms with Gasteiger partial charge in [-0.1, -0.05) is 34.8 Å². The zero-order valence-corrected chi connectivity index (χ0v) is 18.2. The highest BCUT2D eigenvalue weighted by Gasteiger charge is 2.49. The number of alkyl halides is 4. The van der Waals surface area contributed by atoms with Crippen LogP contribution in [0.3, 0.4) is 0 Å². The van der Waals surface area contributed by atoms with Crippen LogP contribution in [0.4, 0.5) is 15.0 Å². The van der Waals surface area contributed by atoms with E-state index in [1.54, 1.807) is 6.20 Å². The number of aliphatic hydroxyl groups is 1. The standard InChI is InChI=1S/C14H13Cl3FIN4O5/c15-14(16,17)3-26-13(25)28-9-6(2-24)27-12(8(9)18)23-1-5(19)7-10(20)21-4-22-11(7)23/h1,4,6,8-9,12,24H,2-3H2,(H2,20,21,22)/t6-,8+,9-,12-/m1/s1. The highest BCUT2D eigenvalue weighted by atomic mass is 127. The second-order valence-electron chi connectivity index (χ2n) is 5.77. The van der Waals surface area contributed by atoms with Gasteiger partial charge >= 0.3 is 6.16 Å². The molecule has 0 unspecified atom stereocenters. The molecule has 0 amide bonds. The lowest BCUT2D eigenvalue weighted by Crippen LogP contribution is -2.36. The molecule has 14 heteroatoms. The summed E-state index contributed by atoms with van der Waals surface area (Å²) in [5, 5.41) is 10.0. The van der Waals surface area contributed by atoms with Crippen LogP contribution in [0.15, 0.2) is 12.5 Å². The van der Waals surface area contributed by atoms with Crippen LogP contribution in [0, 0.1) is 3.57 Å². The SMILES string of the molecule is Nc1ncnc2c1c(I)cn2[C@@H]1O[C@H](CO)[C@@H](OC(=O)OCC(Cl)(Cl)Cl)[C@@H]1F. The lowest BCUT2D eigenvalue weighted by atomic mass is 10.1. The molecule has 9 nitrogen and oxygen atoms in total. The molecule has 154 valence electrons. The van der Waals surface area contributed by atoms with Crippen molar-refractivity contribution in [1.82, 2.24) is 14.5 Å². The smallest absolute Gasteiger partial charge is 0.430 e. The Morgan fingerprint density at radius 2 is 2.18 bits per heavy atom. The molecule has 3 N–H and O–H groups in total. The highest BCUT2D eigenvalue weighted by Crippen LogP contribution is 2.38. The van der Waals surface area contributed by atoms with Crippen LogP contribution in [0.2, 0.25) is 0 Å². The lowest BCUT2D eigenvalue weighted by molar-refractivity contribution is -0.0554. The van der Waals surface area contributed by atoms with Crippen LogP contribution < -0.4 is 5.73 Å². The third-order valence-electron chi connectivity index (χ3n) is 3.90. The molecule has 0 bridgehead atoms. The van der Waals surface area contributed by atoms with Crippen LogP contribution in [-0.2, 0) is 14.2 Å². The predicted octanol–water partition coefficient (Wildman–Crippen LogP) is 2.74. The maximum Gasteiger partial charge on any atom is 0.508 e. The first-order chi connectivity index (χ1) is 13.1. The average Bonchev–Trinajstić information content (AvgIpc) is 3.11. The van der Waals surface area contributed by atoms with Crippen molar-refractivity contribution in [3.63, 3.8) is 0 Å². The van der Waals surface area contributed by atoms with Crippen molar-refractivity contribution in [2.45, 2.75) is 28.4 Å². The molecule has 0 radical (unpaired) electrons. The number of carbonyl (C=O) groups is 1. The fraction of sp³-hybridized carbons (Fsp3) is 0.500. The van der Waals surface area contributed by atoms with Gasteiger partial charge < -0.3 is 29.6 Å². The van der Waals surface area contributed by atoms with Gasteiger partial charge in [-0.05, 0) is 22.6 Å². The minimum Gasteiger partial charge on any atom is -0.430 e. The number of aliphatic hydroxyl groups excluding tert-OH is 1. The second-order valence-corrected chi connectivity index (χ2v) is 9.45. The van der Waals surface area contributed by atoms with E-state index in [9.17, 15) is 9.90 Å². The van der Waals surface area contributed by atoms with Gasteiger partial charge in [0.25, 0.3) is 0 Å². The Morgan fingerprint density at radius 3 is 2.82 bits per heavy atom. The number of carbonyl (C=O) groups excluding carboxylic acids is 1. The molecule has 3 heterocycles. The van der Waals surface area contributed by atoms with Gasteiger partial charge in [-0.25, -0.2) is 19.2 Å². The highest BCUT2D eigenvalue weighted by molar-refractivity contribution is 14.1. The van der Waals surface area contributed by atoms with E-state index in [2.05, 4.69) is 14.7 Å². The number of rotatable bonds is 4. The molecule has 2 aromatic heterocycles. The molecule has 1 saturated heterocycles. The van der Waals surface area contributed by atoms with E-state index in [4.69, 9.17) is 50.0 Å². The Morgan fingerprint density at radius 1 is 1.46 bits per heavy atom. The molecule has 0 aromatic carbocycles. The zero-order valence-electron chi connectivity index (χ0n) is 13.8. The number of hydrogen-bond acceptors (Lipinski definition) is 8. The summed E-state index contributed by atoms with van der Waals surface area (Å²) in [7, 11) is 0. The summed E-state index contributed by atoms with van der Waals surface area (Å²) < 4.78 is 30.5. The van der Waals surface area contributed by atoms with Crippen molar-refractivity contribution < 1.29 is 28.5 Å². The number of ether oxygens (including phenoxy) is 3. The summed E-state index contributed by atoms with van der Waals surface area (Å²) in [4.78, 5) is 19.8. The molecule has 28 heavy (non-hydrogen) atoms. The maximum absolute atomic E-state index is 15.1. The Kier molecular flexibility index (Phi) is 6.61. The number of nitrogen functional groups attached to an aromatic ring is 1. The lowest BCUT2D eigenvalue weighted by Gasteiger charge is -2.19. The first kappa shape index (κ1) is 21.8. The summed E-state index contributed by atoms with van der Waals surface area (Å²) in [6.07, 6.45) is -4.13. The van der Waals surface area contributed by atoms with E-state index >= 15 is 4.39 Å². The van der Waals surface area contributed by atoms with Crippen LogP contribution in [-0.4, -0.2) is 61.2 Å². The quantitative estimate of drug-likeness (QED) is 0.328. The fourth-order valence-electron chi connectivity index (χ4n) is 2.75. The average molecular weight is 570 g/mol. The fourth-order valence-corrected chi connectivity index (χ4v) is 3.73. The van der Waals surface area contributed by atoms with E-state index in [0.717, 1.165) is 0 Å². The Hall–Kier alpha value is -0.860. The van der Waals surface area contributed by atoms with E-state index in [-0.39, 0.29) is 5.82 Å². The molecule has 3 rings (SSSR count). The number of hydrogen-bond donors (Lipinski definition) is 2. The topological polar surface area (TPSA) is 122 Å². The third kappa shape index (κ3) is 4.49. The molecule has 1 aliphatic rings. The minimum absolute atomic E-state index is 0.225. The Labute approximate surface area is 186 Å². The van der Waals surface area contributed by atoms with Crippen molar-refractivity contribution in [2.24, 2.45) is 0 Å². The van der Waals surface area contributed by atoms with Crippen molar-refractivity contribution in [1.29, 1.82) is 0 Å². The summed E-state index contributed by atoms with van der Waals surface area (Å²) >= 11 is 18.5. The number of fused-ring (bicyclic) bond motifs is 1. The van der Waals surface area contributed by atoms with Gasteiger partial charge in [0.15, 0.2) is 18.5 Å². The first-order valence-corrected chi connectivity index (χ1v) is 9.90. The first-order valence-electron chi connectivity index (χ1n) is 7.69. The molecular formula is C14H13Cl3FIN4O5. The normalized spacial score (nSPS) is 25.2. The predicted molar refractivity (Wildman–Crippen MR) is 107 cm³/mol. The molecule has 0 aliphatic carbocycles. The summed E-state index contributed by atoms with van der Waals surface area (Å²) in [5.41, 5.74) is 6.19. The minimum atomic E-state index is -1.85. The monoisotopic (exact) mass is 568 g/mol. The van der Waals surface area contributed by atoms with Crippen LogP contribution >= 0.6 is 57.4 Å². The Balaban J connectivity index is 1.82. The number of halogens is 5. The second kappa shape index (κ2) is 8.48. The van der Waals surface area contributed by atoms with E-state index < -0.39 is 47.8 Å². The zero-order chi connectivity index (χ0) is 20.6. The van der Waals surface area contributed by atoms with E-state index in [1.807, 2.05) is 22.6 Å². The van der Waals surface area contributed by atoms with Gasteiger partial charge in [-0.3, -0.25) is 0 Å². The molecule has 4 atom stereocenters. The molecule has 1 fully saturated rings. The number of anilines is 1. The largest absolute Gasteiger partial charge is 0.508 e. The van der Waals surface area contributed by atoms with Gasteiger partial charge in [0.1, 0.15) is 30.5 Å². The van der Waals surface area contributed by atoms with Crippen molar-refractivity contribution >= 4 is 80.4 Å². The summed E-state index contributed by atoms with van der Waals surface area (Å²) in [5.74, 6) is 0.225. The van der Waals surface area contributed by atoms with Gasteiger partial charge in [-0.2, -0.15) is 0 Å². The van der Waals surface area contributed by atoms with Crippen LogP contribution in [0.1, 0.15) is 6.23 Å².